The van der Waals surface area contributed by atoms with Crippen molar-refractivity contribution in [2.75, 3.05) is 18.6 Å². The van der Waals surface area contributed by atoms with E-state index in [1.54, 1.807) is 18.2 Å². The van der Waals surface area contributed by atoms with Crippen molar-refractivity contribution in [3.63, 3.8) is 0 Å². The van der Waals surface area contributed by atoms with Gasteiger partial charge in [0.2, 0.25) is 0 Å². The van der Waals surface area contributed by atoms with Crippen LogP contribution in [0, 0.1) is 0 Å². The first-order valence-corrected chi connectivity index (χ1v) is 11.1. The summed E-state index contributed by atoms with van der Waals surface area (Å²) in [5.74, 6) is -1.02. The average molecular weight is 442 g/mol. The third-order valence-corrected chi connectivity index (χ3v) is 4.97. The summed E-state index contributed by atoms with van der Waals surface area (Å²) in [6.45, 7) is 9.21. The van der Waals surface area contributed by atoms with Crippen molar-refractivity contribution in [3.05, 3.63) is 65.2 Å². The van der Waals surface area contributed by atoms with E-state index in [4.69, 9.17) is 4.74 Å². The SMILES string of the molecule is CCCCCN(Cc1ccc(C(O)C(=O)OC)cc1)c1cccc(C(=O)OC(C)(C)C)c1. The maximum atomic E-state index is 12.5. The molecule has 0 aliphatic rings. The van der Waals surface area contributed by atoms with Gasteiger partial charge < -0.3 is 19.5 Å². The van der Waals surface area contributed by atoms with E-state index in [1.165, 1.54) is 7.11 Å². The largest absolute Gasteiger partial charge is 0.467 e. The molecule has 2 aromatic rings. The lowest BCUT2D eigenvalue weighted by Crippen LogP contribution is -2.26. The van der Waals surface area contributed by atoms with Crippen LogP contribution in [-0.4, -0.2) is 36.3 Å². The highest BCUT2D eigenvalue weighted by atomic mass is 16.6. The van der Waals surface area contributed by atoms with Gasteiger partial charge in [-0.25, -0.2) is 9.59 Å². The number of ether oxygens (including phenoxy) is 2. The fraction of sp³-hybridized carbons (Fsp3) is 0.462. The fourth-order valence-corrected chi connectivity index (χ4v) is 3.29. The number of carbonyl (C=O) groups excluding carboxylic acids is 2. The summed E-state index contributed by atoms with van der Waals surface area (Å²) in [5, 5.41) is 10.0. The van der Waals surface area contributed by atoms with Gasteiger partial charge in [-0.1, -0.05) is 50.1 Å². The number of methoxy groups -OCH3 is 1. The molecule has 1 unspecified atom stereocenters. The molecule has 0 spiro atoms. The van der Waals surface area contributed by atoms with Crippen molar-refractivity contribution in [2.45, 2.75) is 65.2 Å². The highest BCUT2D eigenvalue weighted by molar-refractivity contribution is 5.90. The minimum absolute atomic E-state index is 0.339. The molecule has 0 fully saturated rings. The van der Waals surface area contributed by atoms with E-state index >= 15 is 0 Å². The molecule has 2 aromatic carbocycles. The fourth-order valence-electron chi connectivity index (χ4n) is 3.29. The summed E-state index contributed by atoms with van der Waals surface area (Å²) in [4.78, 5) is 26.3. The number of anilines is 1. The van der Waals surface area contributed by atoms with Gasteiger partial charge in [-0.15, -0.1) is 0 Å². The maximum absolute atomic E-state index is 12.5. The Kier molecular flexibility index (Phi) is 9.27. The lowest BCUT2D eigenvalue weighted by atomic mass is 10.1. The first-order valence-electron chi connectivity index (χ1n) is 11.1. The maximum Gasteiger partial charge on any atom is 0.339 e. The van der Waals surface area contributed by atoms with Gasteiger partial charge in [0.15, 0.2) is 6.10 Å². The van der Waals surface area contributed by atoms with Gasteiger partial charge in [0.05, 0.1) is 12.7 Å². The third kappa shape index (κ3) is 7.68. The Labute approximate surface area is 191 Å². The van der Waals surface area contributed by atoms with E-state index in [2.05, 4.69) is 16.6 Å². The van der Waals surface area contributed by atoms with E-state index in [0.717, 1.165) is 37.1 Å². The van der Waals surface area contributed by atoms with Crippen LogP contribution in [0.2, 0.25) is 0 Å². The molecule has 0 heterocycles. The van der Waals surface area contributed by atoms with Crippen molar-refractivity contribution in [1.29, 1.82) is 0 Å². The average Bonchev–Trinajstić information content (AvgIpc) is 2.77. The lowest BCUT2D eigenvalue weighted by molar-refractivity contribution is -0.150. The number of rotatable bonds is 10. The number of unbranched alkanes of at least 4 members (excludes halogenated alkanes) is 2. The first-order chi connectivity index (χ1) is 15.1. The van der Waals surface area contributed by atoms with Crippen molar-refractivity contribution >= 4 is 17.6 Å². The van der Waals surface area contributed by atoms with E-state index in [-0.39, 0.29) is 5.97 Å². The number of aliphatic hydroxyl groups excluding tert-OH is 1. The van der Waals surface area contributed by atoms with Crippen molar-refractivity contribution in [1.82, 2.24) is 0 Å². The van der Waals surface area contributed by atoms with Crippen molar-refractivity contribution < 1.29 is 24.2 Å². The van der Waals surface area contributed by atoms with Gasteiger partial charge in [0.1, 0.15) is 5.60 Å². The molecule has 0 aliphatic heterocycles. The van der Waals surface area contributed by atoms with Gasteiger partial charge in [0.25, 0.3) is 0 Å². The summed E-state index contributed by atoms with van der Waals surface area (Å²) in [5.41, 5.74) is 2.44. The molecule has 174 valence electrons. The zero-order valence-electron chi connectivity index (χ0n) is 19.8. The minimum atomic E-state index is -1.29. The number of aliphatic hydroxyl groups is 1. The van der Waals surface area contributed by atoms with Crippen molar-refractivity contribution in [2.24, 2.45) is 0 Å². The van der Waals surface area contributed by atoms with Crippen LogP contribution < -0.4 is 4.90 Å². The molecule has 1 N–H and O–H groups in total. The third-order valence-electron chi connectivity index (χ3n) is 4.97. The van der Waals surface area contributed by atoms with E-state index in [1.807, 2.05) is 51.1 Å². The van der Waals surface area contributed by atoms with Gasteiger partial charge in [0, 0.05) is 18.8 Å². The second-order valence-corrected chi connectivity index (χ2v) is 8.85. The Morgan fingerprint density at radius 2 is 1.75 bits per heavy atom. The molecular formula is C26H35NO5. The smallest absolute Gasteiger partial charge is 0.339 e. The minimum Gasteiger partial charge on any atom is -0.467 e. The van der Waals surface area contributed by atoms with Gasteiger partial charge in [-0.3, -0.25) is 0 Å². The monoisotopic (exact) mass is 441 g/mol. The Hall–Kier alpha value is -2.86. The zero-order chi connectivity index (χ0) is 23.7. The molecule has 0 amide bonds. The van der Waals surface area contributed by atoms with Crippen LogP contribution in [0.15, 0.2) is 48.5 Å². The van der Waals surface area contributed by atoms with Crippen molar-refractivity contribution in [3.8, 4) is 0 Å². The molecule has 6 nitrogen and oxygen atoms in total. The summed E-state index contributed by atoms with van der Waals surface area (Å²) < 4.78 is 10.1. The predicted octanol–water partition coefficient (Wildman–Crippen LogP) is 5.05. The Morgan fingerprint density at radius 1 is 1.06 bits per heavy atom. The van der Waals surface area contributed by atoms with Crippen LogP contribution in [-0.2, 0) is 20.8 Å². The topological polar surface area (TPSA) is 76.1 Å². The van der Waals surface area contributed by atoms with Crippen LogP contribution >= 0.6 is 0 Å². The number of hydrogen-bond acceptors (Lipinski definition) is 6. The molecule has 0 saturated heterocycles. The summed E-state index contributed by atoms with van der Waals surface area (Å²) in [6.07, 6.45) is 1.98. The molecule has 0 saturated carbocycles. The highest BCUT2D eigenvalue weighted by Crippen LogP contribution is 2.23. The summed E-state index contributed by atoms with van der Waals surface area (Å²) >= 11 is 0. The number of esters is 2. The molecule has 32 heavy (non-hydrogen) atoms. The van der Waals surface area contributed by atoms with Crippen LogP contribution in [0.25, 0.3) is 0 Å². The number of benzene rings is 2. The van der Waals surface area contributed by atoms with Gasteiger partial charge >= 0.3 is 11.9 Å². The number of hydrogen-bond donors (Lipinski definition) is 1. The quantitative estimate of drug-likeness (QED) is 0.411. The molecule has 0 aliphatic carbocycles. The standard InChI is InChI=1S/C26H35NO5/c1-6-7-8-16-27(18-19-12-14-20(15-13-19)23(28)25(30)31-5)22-11-9-10-21(17-22)24(29)32-26(2,3)4/h9-15,17,23,28H,6-8,16,18H2,1-5H3. The number of carbonyl (C=O) groups is 2. The molecule has 0 bridgehead atoms. The Balaban J connectivity index is 2.22. The van der Waals surface area contributed by atoms with Crippen LogP contribution in [0.3, 0.4) is 0 Å². The van der Waals surface area contributed by atoms with Gasteiger partial charge in [-0.2, -0.15) is 0 Å². The highest BCUT2D eigenvalue weighted by Gasteiger charge is 2.20. The van der Waals surface area contributed by atoms with E-state index in [9.17, 15) is 14.7 Å². The molecule has 0 aromatic heterocycles. The molecule has 2 rings (SSSR count). The normalized spacial score (nSPS) is 12.2. The molecule has 0 radical (unpaired) electrons. The Bertz CT molecular complexity index is 886. The Morgan fingerprint density at radius 3 is 2.34 bits per heavy atom. The van der Waals surface area contributed by atoms with E-state index < -0.39 is 17.7 Å². The molecule has 1 atom stereocenters. The predicted molar refractivity (Wildman–Crippen MR) is 126 cm³/mol. The second kappa shape index (κ2) is 11.7. The van der Waals surface area contributed by atoms with Crippen LogP contribution in [0.4, 0.5) is 5.69 Å². The van der Waals surface area contributed by atoms with Gasteiger partial charge in [-0.05, 0) is 56.5 Å². The lowest BCUT2D eigenvalue weighted by Gasteiger charge is -2.26. The summed E-state index contributed by atoms with van der Waals surface area (Å²) in [7, 11) is 1.25. The van der Waals surface area contributed by atoms with Crippen LogP contribution in [0.5, 0.6) is 0 Å². The van der Waals surface area contributed by atoms with E-state index in [0.29, 0.717) is 17.7 Å². The zero-order valence-corrected chi connectivity index (χ0v) is 19.8. The first kappa shape index (κ1) is 25.4. The summed E-state index contributed by atoms with van der Waals surface area (Å²) in [6, 6.07) is 14.8. The van der Waals surface area contributed by atoms with Crippen LogP contribution in [0.1, 0.15) is 74.5 Å². The number of nitrogens with zero attached hydrogens (tertiary/aromatic N) is 1. The molecular weight excluding hydrogens is 406 g/mol. The second-order valence-electron chi connectivity index (χ2n) is 8.85. The molecule has 6 heteroatoms.